The molecule has 2 heterocycles. The summed E-state index contributed by atoms with van der Waals surface area (Å²) in [6.07, 6.45) is 8.83. The fraction of sp³-hybridized carbons (Fsp3) is 1.00. The molecule has 3 aliphatic rings. The maximum Gasteiger partial charge on any atom is 0.0733 e. The van der Waals surface area contributed by atoms with Gasteiger partial charge in [-0.2, -0.15) is 0 Å². The fourth-order valence-corrected chi connectivity index (χ4v) is 3.63. The van der Waals surface area contributed by atoms with Crippen LogP contribution in [0.4, 0.5) is 0 Å². The van der Waals surface area contributed by atoms with Crippen molar-refractivity contribution < 1.29 is 4.74 Å². The Morgan fingerprint density at radius 2 is 2.07 bits per heavy atom. The van der Waals surface area contributed by atoms with Crippen LogP contribution in [0.2, 0.25) is 0 Å². The molecule has 0 aromatic rings. The summed E-state index contributed by atoms with van der Waals surface area (Å²) in [7, 11) is 0. The van der Waals surface area contributed by atoms with Gasteiger partial charge >= 0.3 is 0 Å². The van der Waals surface area contributed by atoms with Crippen molar-refractivity contribution in [2.45, 2.75) is 62.8 Å². The van der Waals surface area contributed by atoms with Crippen LogP contribution in [0.1, 0.15) is 38.5 Å². The molecule has 5 atom stereocenters. The van der Waals surface area contributed by atoms with Gasteiger partial charge in [-0.3, -0.25) is 0 Å². The number of rotatable bonds is 3. The van der Waals surface area contributed by atoms with Gasteiger partial charge < -0.3 is 15.8 Å². The van der Waals surface area contributed by atoms with Gasteiger partial charge in [-0.25, -0.2) is 0 Å². The molecule has 0 spiro atoms. The second kappa shape index (κ2) is 4.04. The molecule has 3 N–H and O–H groups in total. The van der Waals surface area contributed by atoms with Gasteiger partial charge in [0, 0.05) is 12.1 Å². The highest BCUT2D eigenvalue weighted by atomic mass is 16.5. The summed E-state index contributed by atoms with van der Waals surface area (Å²) in [4.78, 5) is 0. The van der Waals surface area contributed by atoms with Gasteiger partial charge in [-0.15, -0.1) is 0 Å². The molecule has 0 aromatic heterocycles. The predicted molar refractivity (Wildman–Crippen MR) is 59.6 cm³/mol. The number of fused-ring (bicyclic) bond motifs is 2. The quantitative estimate of drug-likeness (QED) is 0.731. The Bertz CT molecular complexity index is 230. The lowest BCUT2D eigenvalue weighted by Crippen LogP contribution is -2.46. The minimum atomic E-state index is 0.508. The molecule has 1 saturated carbocycles. The van der Waals surface area contributed by atoms with Crippen LogP contribution in [0, 0.1) is 5.92 Å². The third kappa shape index (κ3) is 1.81. The molecular weight excluding hydrogens is 188 g/mol. The second-order valence-electron chi connectivity index (χ2n) is 5.42. The van der Waals surface area contributed by atoms with E-state index in [0.29, 0.717) is 30.2 Å². The van der Waals surface area contributed by atoms with Gasteiger partial charge in [0.2, 0.25) is 0 Å². The first kappa shape index (κ1) is 10.1. The lowest BCUT2D eigenvalue weighted by molar-refractivity contribution is 0.0952. The van der Waals surface area contributed by atoms with Crippen molar-refractivity contribution in [2.75, 3.05) is 6.54 Å². The van der Waals surface area contributed by atoms with Crippen LogP contribution in [0.3, 0.4) is 0 Å². The van der Waals surface area contributed by atoms with Crippen molar-refractivity contribution in [3.05, 3.63) is 0 Å². The van der Waals surface area contributed by atoms with Crippen LogP contribution in [-0.2, 0) is 4.74 Å². The van der Waals surface area contributed by atoms with E-state index in [1.807, 2.05) is 0 Å². The third-order valence-corrected chi connectivity index (χ3v) is 4.50. The maximum atomic E-state index is 5.87. The summed E-state index contributed by atoms with van der Waals surface area (Å²) < 4.78 is 5.87. The van der Waals surface area contributed by atoms with E-state index in [9.17, 15) is 0 Å². The first-order chi connectivity index (χ1) is 7.36. The van der Waals surface area contributed by atoms with E-state index >= 15 is 0 Å². The number of hydrogen-bond acceptors (Lipinski definition) is 3. The first-order valence-electron chi connectivity index (χ1n) is 6.48. The zero-order valence-corrected chi connectivity index (χ0v) is 9.32. The number of nitrogens with two attached hydrogens (primary N) is 1. The number of ether oxygens (including phenoxy) is 1. The Labute approximate surface area is 91.7 Å². The summed E-state index contributed by atoms with van der Waals surface area (Å²) in [5.41, 5.74) is 5.80. The van der Waals surface area contributed by atoms with E-state index in [4.69, 9.17) is 10.5 Å². The molecule has 0 radical (unpaired) electrons. The van der Waals surface area contributed by atoms with Crippen molar-refractivity contribution in [1.82, 2.24) is 5.32 Å². The molecule has 1 aliphatic carbocycles. The fourth-order valence-electron chi connectivity index (χ4n) is 3.63. The van der Waals surface area contributed by atoms with Crippen LogP contribution in [0.5, 0.6) is 0 Å². The van der Waals surface area contributed by atoms with E-state index in [1.54, 1.807) is 0 Å². The lowest BCUT2D eigenvalue weighted by Gasteiger charge is -2.27. The topological polar surface area (TPSA) is 47.3 Å². The molecule has 3 rings (SSSR count). The predicted octanol–water partition coefficient (Wildman–Crippen LogP) is 1.02. The second-order valence-corrected chi connectivity index (χ2v) is 5.42. The normalized spacial score (nSPS) is 49.0. The van der Waals surface area contributed by atoms with Gasteiger partial charge in [0.15, 0.2) is 0 Å². The Hall–Kier alpha value is -0.120. The third-order valence-electron chi connectivity index (χ3n) is 4.50. The molecule has 2 aliphatic heterocycles. The molecule has 3 nitrogen and oxygen atoms in total. The highest BCUT2D eigenvalue weighted by Gasteiger charge is 2.42. The van der Waals surface area contributed by atoms with Crippen molar-refractivity contribution in [1.29, 1.82) is 0 Å². The molecule has 86 valence electrons. The molecule has 2 saturated heterocycles. The number of nitrogens with one attached hydrogen (secondary N) is 1. The van der Waals surface area contributed by atoms with Crippen LogP contribution < -0.4 is 11.1 Å². The van der Waals surface area contributed by atoms with Crippen molar-refractivity contribution in [3.63, 3.8) is 0 Å². The summed E-state index contributed by atoms with van der Waals surface area (Å²) in [5, 5.41) is 3.81. The molecule has 5 unspecified atom stereocenters. The average Bonchev–Trinajstić information content (AvgIpc) is 2.92. The highest BCUT2D eigenvalue weighted by molar-refractivity contribution is 4.97. The smallest absolute Gasteiger partial charge is 0.0733 e. The van der Waals surface area contributed by atoms with Gasteiger partial charge in [0.25, 0.3) is 0 Å². The molecule has 3 heteroatoms. The lowest BCUT2D eigenvalue weighted by atomic mass is 9.93. The van der Waals surface area contributed by atoms with Gasteiger partial charge in [0.05, 0.1) is 12.2 Å². The Kier molecular flexibility index (Phi) is 2.71. The maximum absolute atomic E-state index is 5.87. The van der Waals surface area contributed by atoms with Crippen LogP contribution >= 0.6 is 0 Å². The molecule has 2 bridgehead atoms. The Balaban J connectivity index is 1.56. The van der Waals surface area contributed by atoms with E-state index in [-0.39, 0.29) is 0 Å². The summed E-state index contributed by atoms with van der Waals surface area (Å²) >= 11 is 0. The van der Waals surface area contributed by atoms with Gasteiger partial charge in [-0.1, -0.05) is 6.42 Å². The summed E-state index contributed by atoms with van der Waals surface area (Å²) in [6, 6.07) is 1.30. The largest absolute Gasteiger partial charge is 0.373 e. The highest BCUT2D eigenvalue weighted by Crippen LogP contribution is 2.36. The van der Waals surface area contributed by atoms with E-state index in [2.05, 4.69) is 5.32 Å². The van der Waals surface area contributed by atoms with E-state index < -0.39 is 0 Å². The molecule has 0 aromatic carbocycles. The molecule has 15 heavy (non-hydrogen) atoms. The number of hydrogen-bond donors (Lipinski definition) is 2. The molecule has 3 fully saturated rings. The first-order valence-corrected chi connectivity index (χ1v) is 6.48. The molecule has 0 amide bonds. The standard InChI is InChI=1S/C12H22N2O/c13-7-8-2-1-3-10(8)14-11-6-9-4-5-12(11)15-9/h8-12,14H,1-7,13H2. The van der Waals surface area contributed by atoms with Crippen molar-refractivity contribution >= 4 is 0 Å². The Morgan fingerprint density at radius 1 is 1.13 bits per heavy atom. The van der Waals surface area contributed by atoms with E-state index in [0.717, 1.165) is 6.54 Å². The monoisotopic (exact) mass is 210 g/mol. The average molecular weight is 210 g/mol. The molecular formula is C12H22N2O. The van der Waals surface area contributed by atoms with Crippen LogP contribution in [-0.4, -0.2) is 30.8 Å². The zero-order valence-electron chi connectivity index (χ0n) is 9.32. The zero-order chi connectivity index (χ0) is 10.3. The minimum Gasteiger partial charge on any atom is -0.373 e. The van der Waals surface area contributed by atoms with Crippen LogP contribution in [0.15, 0.2) is 0 Å². The van der Waals surface area contributed by atoms with Gasteiger partial charge in [-0.05, 0) is 44.6 Å². The van der Waals surface area contributed by atoms with E-state index in [1.165, 1.54) is 38.5 Å². The van der Waals surface area contributed by atoms with Crippen LogP contribution in [0.25, 0.3) is 0 Å². The van der Waals surface area contributed by atoms with Crippen molar-refractivity contribution in [3.8, 4) is 0 Å². The summed E-state index contributed by atoms with van der Waals surface area (Å²) in [6.45, 7) is 0.847. The summed E-state index contributed by atoms with van der Waals surface area (Å²) in [5.74, 6) is 0.712. The Morgan fingerprint density at radius 3 is 2.73 bits per heavy atom. The minimum absolute atomic E-state index is 0.508. The van der Waals surface area contributed by atoms with Gasteiger partial charge in [0.1, 0.15) is 0 Å². The van der Waals surface area contributed by atoms with Crippen molar-refractivity contribution in [2.24, 2.45) is 11.7 Å². The SMILES string of the molecule is NCC1CCCC1NC1CC2CCC1O2.